The second-order valence-electron chi connectivity index (χ2n) is 5.32. The van der Waals surface area contributed by atoms with Crippen molar-refractivity contribution < 1.29 is 9.90 Å². The Labute approximate surface area is 113 Å². The maximum Gasteiger partial charge on any atom is 0.224 e. The molecule has 5 nitrogen and oxygen atoms in total. The van der Waals surface area contributed by atoms with Crippen LogP contribution in [0.2, 0.25) is 0 Å². The molecule has 0 aliphatic carbocycles. The summed E-state index contributed by atoms with van der Waals surface area (Å²) < 4.78 is 0. The lowest BCUT2D eigenvalue weighted by Crippen LogP contribution is -2.30. The minimum absolute atomic E-state index is 0.0291. The van der Waals surface area contributed by atoms with Crippen molar-refractivity contribution in [3.05, 3.63) is 17.7 Å². The summed E-state index contributed by atoms with van der Waals surface area (Å²) in [4.78, 5) is 11.3. The van der Waals surface area contributed by atoms with Crippen LogP contribution in [0.25, 0.3) is 0 Å². The Morgan fingerprint density at radius 1 is 1.42 bits per heavy atom. The molecule has 1 atom stereocenters. The first-order valence-corrected chi connectivity index (χ1v) is 6.61. The van der Waals surface area contributed by atoms with Crippen molar-refractivity contribution in [3.8, 4) is 0 Å². The standard InChI is InChI=1S/C14H21N3O2/c1-8(2)13(7-18)16-12-5-9-3-4-14(19)17-11(9)6-10(12)15/h5-6,8,13,16,18H,3-4,7,15H2,1-2H3,(H,17,19)/t13-/m1/s1. The van der Waals surface area contributed by atoms with Crippen LogP contribution < -0.4 is 16.4 Å². The molecule has 1 aliphatic heterocycles. The van der Waals surface area contributed by atoms with Gasteiger partial charge in [-0.15, -0.1) is 0 Å². The lowest BCUT2D eigenvalue weighted by molar-refractivity contribution is -0.116. The average molecular weight is 263 g/mol. The molecule has 0 radical (unpaired) electrons. The number of carbonyl (C=O) groups excluding carboxylic acids is 1. The second-order valence-corrected chi connectivity index (χ2v) is 5.32. The third kappa shape index (κ3) is 2.98. The number of hydrogen-bond acceptors (Lipinski definition) is 4. The summed E-state index contributed by atoms with van der Waals surface area (Å²) in [5.41, 5.74) is 9.28. The number of amides is 1. The molecular formula is C14H21N3O2. The van der Waals surface area contributed by atoms with Gasteiger partial charge in [-0.3, -0.25) is 4.79 Å². The molecule has 104 valence electrons. The minimum Gasteiger partial charge on any atom is -0.397 e. The molecule has 1 aromatic rings. The van der Waals surface area contributed by atoms with Crippen molar-refractivity contribution in [2.24, 2.45) is 5.92 Å². The highest BCUT2D eigenvalue weighted by Gasteiger charge is 2.18. The Kier molecular flexibility index (Phi) is 3.95. The Hall–Kier alpha value is -1.75. The average Bonchev–Trinajstić information content (AvgIpc) is 2.35. The number of rotatable bonds is 4. The van der Waals surface area contributed by atoms with Crippen molar-refractivity contribution in [2.45, 2.75) is 32.7 Å². The number of aliphatic hydroxyl groups is 1. The number of hydrogen-bond donors (Lipinski definition) is 4. The van der Waals surface area contributed by atoms with Gasteiger partial charge < -0.3 is 21.5 Å². The molecule has 19 heavy (non-hydrogen) atoms. The van der Waals surface area contributed by atoms with Crippen LogP contribution in [0.3, 0.4) is 0 Å². The summed E-state index contributed by atoms with van der Waals surface area (Å²) in [6, 6.07) is 3.72. The van der Waals surface area contributed by atoms with Gasteiger partial charge in [0.25, 0.3) is 0 Å². The SMILES string of the molecule is CC(C)[C@@H](CO)Nc1cc2c(cc1N)NC(=O)CC2. The van der Waals surface area contributed by atoms with Gasteiger partial charge in [0.1, 0.15) is 0 Å². The third-order valence-electron chi connectivity index (χ3n) is 3.51. The van der Waals surface area contributed by atoms with Gasteiger partial charge in [-0.05, 0) is 30.0 Å². The Morgan fingerprint density at radius 2 is 2.16 bits per heavy atom. The van der Waals surface area contributed by atoms with E-state index in [1.165, 1.54) is 0 Å². The summed E-state index contributed by atoms with van der Waals surface area (Å²) in [5.74, 6) is 0.336. The van der Waals surface area contributed by atoms with Crippen LogP contribution in [-0.4, -0.2) is 23.7 Å². The van der Waals surface area contributed by atoms with Crippen LogP contribution in [0.5, 0.6) is 0 Å². The van der Waals surface area contributed by atoms with E-state index in [0.29, 0.717) is 18.0 Å². The molecule has 2 rings (SSSR count). The van der Waals surface area contributed by atoms with E-state index in [-0.39, 0.29) is 18.6 Å². The third-order valence-corrected chi connectivity index (χ3v) is 3.51. The molecule has 5 N–H and O–H groups in total. The first-order chi connectivity index (χ1) is 9.01. The molecule has 0 saturated carbocycles. The van der Waals surface area contributed by atoms with E-state index in [1.54, 1.807) is 6.07 Å². The number of nitrogen functional groups attached to an aromatic ring is 1. The normalized spacial score (nSPS) is 15.9. The van der Waals surface area contributed by atoms with Gasteiger partial charge in [0, 0.05) is 12.1 Å². The van der Waals surface area contributed by atoms with Crippen molar-refractivity contribution in [3.63, 3.8) is 0 Å². The van der Waals surface area contributed by atoms with Crippen LogP contribution in [-0.2, 0) is 11.2 Å². The minimum atomic E-state index is -0.0291. The lowest BCUT2D eigenvalue weighted by atomic mass is 10.00. The molecule has 0 spiro atoms. The predicted molar refractivity (Wildman–Crippen MR) is 77.1 cm³/mol. The van der Waals surface area contributed by atoms with Gasteiger partial charge in [-0.2, -0.15) is 0 Å². The second kappa shape index (κ2) is 5.48. The summed E-state index contributed by atoms with van der Waals surface area (Å²) in [6.45, 7) is 4.15. The molecule has 1 heterocycles. The maximum atomic E-state index is 11.3. The molecule has 0 fully saturated rings. The van der Waals surface area contributed by atoms with Gasteiger partial charge >= 0.3 is 0 Å². The fourth-order valence-electron chi connectivity index (χ4n) is 2.19. The number of benzene rings is 1. The highest BCUT2D eigenvalue weighted by Crippen LogP contribution is 2.31. The molecule has 1 aliphatic rings. The van der Waals surface area contributed by atoms with Crippen LogP contribution in [0, 0.1) is 5.92 Å². The van der Waals surface area contributed by atoms with E-state index in [2.05, 4.69) is 10.6 Å². The fraction of sp³-hybridized carbons (Fsp3) is 0.500. The van der Waals surface area contributed by atoms with Gasteiger partial charge in [0.2, 0.25) is 5.91 Å². The summed E-state index contributed by atoms with van der Waals surface area (Å²) in [7, 11) is 0. The molecule has 5 heteroatoms. The topological polar surface area (TPSA) is 87.4 Å². The van der Waals surface area contributed by atoms with Crippen molar-refractivity contribution >= 4 is 23.0 Å². The van der Waals surface area contributed by atoms with E-state index in [4.69, 9.17) is 5.73 Å². The molecular weight excluding hydrogens is 242 g/mol. The number of aliphatic hydroxyl groups excluding tert-OH is 1. The van der Waals surface area contributed by atoms with Crippen molar-refractivity contribution in [2.75, 3.05) is 23.0 Å². The molecule has 1 amide bonds. The highest BCUT2D eigenvalue weighted by molar-refractivity contribution is 5.95. The number of fused-ring (bicyclic) bond motifs is 1. The monoisotopic (exact) mass is 263 g/mol. The smallest absolute Gasteiger partial charge is 0.224 e. The first kappa shape index (κ1) is 13.7. The Morgan fingerprint density at radius 3 is 2.79 bits per heavy atom. The van der Waals surface area contributed by atoms with Gasteiger partial charge in [-0.1, -0.05) is 13.8 Å². The summed E-state index contributed by atoms with van der Waals surface area (Å²) >= 11 is 0. The number of nitrogens with two attached hydrogens (primary N) is 1. The Balaban J connectivity index is 2.25. The molecule has 1 aromatic carbocycles. The lowest BCUT2D eigenvalue weighted by Gasteiger charge is -2.24. The molecule has 0 bridgehead atoms. The maximum absolute atomic E-state index is 11.3. The van der Waals surface area contributed by atoms with Crippen LogP contribution >= 0.6 is 0 Å². The number of nitrogens with one attached hydrogen (secondary N) is 2. The van der Waals surface area contributed by atoms with Crippen LogP contribution in [0.4, 0.5) is 17.1 Å². The van der Waals surface area contributed by atoms with Crippen LogP contribution in [0.1, 0.15) is 25.8 Å². The predicted octanol–water partition coefficient (Wildman–Crippen LogP) is 1.58. The fourth-order valence-corrected chi connectivity index (χ4v) is 2.19. The van der Waals surface area contributed by atoms with E-state index < -0.39 is 0 Å². The molecule has 0 aromatic heterocycles. The van der Waals surface area contributed by atoms with E-state index >= 15 is 0 Å². The molecule has 0 unspecified atom stereocenters. The van der Waals surface area contributed by atoms with Gasteiger partial charge in [-0.25, -0.2) is 0 Å². The van der Waals surface area contributed by atoms with E-state index in [1.807, 2.05) is 19.9 Å². The number of carbonyl (C=O) groups is 1. The van der Waals surface area contributed by atoms with Gasteiger partial charge in [0.05, 0.1) is 24.0 Å². The Bertz CT molecular complexity index is 486. The zero-order valence-electron chi connectivity index (χ0n) is 11.4. The zero-order valence-corrected chi connectivity index (χ0v) is 11.4. The largest absolute Gasteiger partial charge is 0.397 e. The summed E-state index contributed by atoms with van der Waals surface area (Å²) in [6.07, 6.45) is 1.23. The summed E-state index contributed by atoms with van der Waals surface area (Å²) in [5, 5.41) is 15.5. The first-order valence-electron chi connectivity index (χ1n) is 6.61. The quantitative estimate of drug-likeness (QED) is 0.621. The van der Waals surface area contributed by atoms with Crippen molar-refractivity contribution in [1.29, 1.82) is 0 Å². The van der Waals surface area contributed by atoms with E-state index in [0.717, 1.165) is 23.4 Å². The number of anilines is 3. The van der Waals surface area contributed by atoms with E-state index in [9.17, 15) is 9.90 Å². The number of aryl methyl sites for hydroxylation is 1. The van der Waals surface area contributed by atoms with Crippen LogP contribution in [0.15, 0.2) is 12.1 Å². The zero-order chi connectivity index (χ0) is 14.0. The highest BCUT2D eigenvalue weighted by atomic mass is 16.3. The molecule has 0 saturated heterocycles. The van der Waals surface area contributed by atoms with Crippen molar-refractivity contribution in [1.82, 2.24) is 0 Å². The van der Waals surface area contributed by atoms with Gasteiger partial charge in [0.15, 0.2) is 0 Å².